The number of benzene rings is 1. The Kier molecular flexibility index (Phi) is 5.96. The third-order valence-corrected chi connectivity index (χ3v) is 4.34. The zero-order valence-electron chi connectivity index (χ0n) is 12.3. The van der Waals surface area contributed by atoms with Crippen LogP contribution in [0.3, 0.4) is 0 Å². The van der Waals surface area contributed by atoms with Crippen molar-refractivity contribution in [1.29, 1.82) is 0 Å². The number of aliphatic hydroxyl groups is 1. The van der Waals surface area contributed by atoms with Gasteiger partial charge in [-0.2, -0.15) is 0 Å². The summed E-state index contributed by atoms with van der Waals surface area (Å²) in [6, 6.07) is 12.0. The third kappa shape index (κ3) is 4.16. The standard InChI is InChI=1S/C17H21NO2S/c1-18(11-6-3-7-12-19)17(20)16-15(10-13-21-16)14-8-4-2-5-9-14/h2,4-5,8-10,13,19H,3,6-7,11-12H2,1H3. The minimum absolute atomic E-state index is 0.0767. The van der Waals surface area contributed by atoms with E-state index in [1.807, 2.05) is 48.8 Å². The smallest absolute Gasteiger partial charge is 0.264 e. The van der Waals surface area contributed by atoms with Crippen molar-refractivity contribution in [3.63, 3.8) is 0 Å². The van der Waals surface area contributed by atoms with E-state index in [-0.39, 0.29) is 12.5 Å². The monoisotopic (exact) mass is 303 g/mol. The van der Waals surface area contributed by atoms with Crippen LogP contribution in [0.4, 0.5) is 0 Å². The summed E-state index contributed by atoms with van der Waals surface area (Å²) >= 11 is 1.49. The first-order valence-electron chi connectivity index (χ1n) is 7.23. The average molecular weight is 303 g/mol. The van der Waals surface area contributed by atoms with Crippen molar-refractivity contribution in [2.45, 2.75) is 19.3 Å². The van der Waals surface area contributed by atoms with Crippen LogP contribution in [-0.2, 0) is 0 Å². The zero-order valence-corrected chi connectivity index (χ0v) is 13.1. The van der Waals surface area contributed by atoms with Crippen molar-refractivity contribution in [3.05, 3.63) is 46.7 Å². The van der Waals surface area contributed by atoms with Crippen LogP contribution in [0.25, 0.3) is 11.1 Å². The molecule has 1 N–H and O–H groups in total. The van der Waals surface area contributed by atoms with Crippen LogP contribution in [0.1, 0.15) is 28.9 Å². The van der Waals surface area contributed by atoms with Crippen LogP contribution in [0.5, 0.6) is 0 Å². The summed E-state index contributed by atoms with van der Waals surface area (Å²) < 4.78 is 0. The molecule has 1 aromatic carbocycles. The number of amides is 1. The number of nitrogens with zero attached hydrogens (tertiary/aromatic N) is 1. The number of rotatable bonds is 7. The fraction of sp³-hybridized carbons (Fsp3) is 0.353. The first-order chi connectivity index (χ1) is 10.2. The van der Waals surface area contributed by atoms with Gasteiger partial charge in [-0.05, 0) is 36.3 Å². The molecule has 112 valence electrons. The van der Waals surface area contributed by atoms with Crippen LogP contribution in [0.15, 0.2) is 41.8 Å². The first kappa shape index (κ1) is 15.7. The number of hydrogen-bond acceptors (Lipinski definition) is 3. The lowest BCUT2D eigenvalue weighted by Gasteiger charge is -2.17. The third-order valence-electron chi connectivity index (χ3n) is 3.44. The van der Waals surface area contributed by atoms with Gasteiger partial charge in [0, 0.05) is 25.8 Å². The molecule has 1 aromatic heterocycles. The maximum absolute atomic E-state index is 12.6. The van der Waals surface area contributed by atoms with Crippen molar-refractivity contribution in [1.82, 2.24) is 4.90 Å². The SMILES string of the molecule is CN(CCCCCO)C(=O)c1sccc1-c1ccccc1. The van der Waals surface area contributed by atoms with E-state index in [0.717, 1.165) is 41.8 Å². The Morgan fingerprint density at radius 3 is 2.62 bits per heavy atom. The summed E-state index contributed by atoms with van der Waals surface area (Å²) in [5.41, 5.74) is 2.09. The highest BCUT2D eigenvalue weighted by atomic mass is 32.1. The minimum Gasteiger partial charge on any atom is -0.396 e. The Labute approximate surface area is 129 Å². The summed E-state index contributed by atoms with van der Waals surface area (Å²) in [7, 11) is 1.84. The molecule has 0 aliphatic heterocycles. The van der Waals surface area contributed by atoms with E-state index in [0.29, 0.717) is 0 Å². The van der Waals surface area contributed by atoms with Gasteiger partial charge in [-0.25, -0.2) is 0 Å². The number of thiophene rings is 1. The molecule has 1 amide bonds. The molecule has 2 aromatic rings. The summed E-state index contributed by atoms with van der Waals surface area (Å²) in [4.78, 5) is 15.1. The molecule has 0 bridgehead atoms. The molecule has 0 saturated carbocycles. The van der Waals surface area contributed by atoms with Crippen LogP contribution < -0.4 is 0 Å². The number of carbonyl (C=O) groups excluding carboxylic acids is 1. The molecule has 0 aliphatic rings. The molecule has 1 heterocycles. The van der Waals surface area contributed by atoms with Gasteiger partial charge < -0.3 is 10.0 Å². The quantitative estimate of drug-likeness (QED) is 0.793. The first-order valence-corrected chi connectivity index (χ1v) is 8.11. The normalized spacial score (nSPS) is 10.6. The van der Waals surface area contributed by atoms with E-state index >= 15 is 0 Å². The average Bonchev–Trinajstić information content (AvgIpc) is 3.01. The van der Waals surface area contributed by atoms with Gasteiger partial charge >= 0.3 is 0 Å². The fourth-order valence-electron chi connectivity index (χ4n) is 2.23. The molecule has 0 spiro atoms. The van der Waals surface area contributed by atoms with Crippen molar-refractivity contribution in [3.8, 4) is 11.1 Å². The van der Waals surface area contributed by atoms with E-state index in [1.165, 1.54) is 11.3 Å². The molecular formula is C17H21NO2S. The number of aliphatic hydroxyl groups excluding tert-OH is 1. The lowest BCUT2D eigenvalue weighted by molar-refractivity contribution is 0.0797. The van der Waals surface area contributed by atoms with Crippen LogP contribution >= 0.6 is 11.3 Å². The van der Waals surface area contributed by atoms with Crippen molar-refractivity contribution >= 4 is 17.2 Å². The molecule has 0 aliphatic carbocycles. The van der Waals surface area contributed by atoms with Gasteiger partial charge in [0.25, 0.3) is 5.91 Å². The predicted octanol–water partition coefficient (Wildman–Crippen LogP) is 3.65. The molecule has 3 nitrogen and oxygen atoms in total. The highest BCUT2D eigenvalue weighted by molar-refractivity contribution is 7.12. The van der Waals surface area contributed by atoms with Gasteiger partial charge in [0.15, 0.2) is 0 Å². The second-order valence-corrected chi connectivity index (χ2v) is 5.96. The van der Waals surface area contributed by atoms with Gasteiger partial charge in [-0.1, -0.05) is 30.3 Å². The van der Waals surface area contributed by atoms with Gasteiger partial charge in [0.1, 0.15) is 0 Å². The topological polar surface area (TPSA) is 40.5 Å². The van der Waals surface area contributed by atoms with Gasteiger partial charge in [-0.3, -0.25) is 4.79 Å². The number of hydrogen-bond donors (Lipinski definition) is 1. The van der Waals surface area contributed by atoms with Crippen LogP contribution in [-0.4, -0.2) is 36.1 Å². The van der Waals surface area contributed by atoms with E-state index in [4.69, 9.17) is 5.11 Å². The number of unbranched alkanes of at least 4 members (excludes halogenated alkanes) is 2. The van der Waals surface area contributed by atoms with Crippen LogP contribution in [0, 0.1) is 0 Å². The molecule has 21 heavy (non-hydrogen) atoms. The van der Waals surface area contributed by atoms with Gasteiger partial charge in [0.05, 0.1) is 4.88 Å². The van der Waals surface area contributed by atoms with E-state index in [1.54, 1.807) is 4.90 Å². The Bertz CT molecular complexity index is 565. The second kappa shape index (κ2) is 7.96. The lowest BCUT2D eigenvalue weighted by atomic mass is 10.1. The Hall–Kier alpha value is -1.65. The molecular weight excluding hydrogens is 282 g/mol. The summed E-state index contributed by atoms with van der Waals surface area (Å²) in [6.45, 7) is 0.950. The molecule has 4 heteroatoms. The van der Waals surface area contributed by atoms with Gasteiger partial charge in [-0.15, -0.1) is 11.3 Å². The largest absolute Gasteiger partial charge is 0.396 e. The molecule has 0 radical (unpaired) electrons. The molecule has 0 atom stereocenters. The van der Waals surface area contributed by atoms with Crippen molar-refractivity contribution < 1.29 is 9.90 Å². The van der Waals surface area contributed by atoms with E-state index in [9.17, 15) is 4.79 Å². The summed E-state index contributed by atoms with van der Waals surface area (Å²) in [5, 5.41) is 10.7. The molecule has 0 saturated heterocycles. The number of carbonyl (C=O) groups is 1. The predicted molar refractivity (Wildman–Crippen MR) is 87.7 cm³/mol. The minimum atomic E-state index is 0.0767. The molecule has 0 unspecified atom stereocenters. The van der Waals surface area contributed by atoms with E-state index in [2.05, 4.69) is 0 Å². The maximum Gasteiger partial charge on any atom is 0.264 e. The highest BCUT2D eigenvalue weighted by Crippen LogP contribution is 2.29. The zero-order chi connectivity index (χ0) is 15.1. The lowest BCUT2D eigenvalue weighted by Crippen LogP contribution is -2.27. The maximum atomic E-state index is 12.6. The Balaban J connectivity index is 2.05. The Morgan fingerprint density at radius 1 is 1.14 bits per heavy atom. The Morgan fingerprint density at radius 2 is 1.90 bits per heavy atom. The van der Waals surface area contributed by atoms with Crippen molar-refractivity contribution in [2.75, 3.05) is 20.2 Å². The van der Waals surface area contributed by atoms with Gasteiger partial charge in [0.2, 0.25) is 0 Å². The fourth-order valence-corrected chi connectivity index (χ4v) is 3.14. The van der Waals surface area contributed by atoms with Crippen LogP contribution in [0.2, 0.25) is 0 Å². The molecule has 2 rings (SSSR count). The highest BCUT2D eigenvalue weighted by Gasteiger charge is 2.17. The van der Waals surface area contributed by atoms with E-state index < -0.39 is 0 Å². The summed E-state index contributed by atoms with van der Waals surface area (Å²) in [5.74, 6) is 0.0767. The summed E-state index contributed by atoms with van der Waals surface area (Å²) in [6.07, 6.45) is 2.68. The molecule has 0 fully saturated rings. The van der Waals surface area contributed by atoms with Crippen molar-refractivity contribution in [2.24, 2.45) is 0 Å². The second-order valence-electron chi connectivity index (χ2n) is 5.04.